The molecular weight excluding hydrogens is 775 g/mol. The highest BCUT2D eigenvalue weighted by molar-refractivity contribution is 5.80. The Kier molecular flexibility index (Phi) is 37.9. The molecule has 0 spiro atoms. The Labute approximate surface area is 372 Å². The Morgan fingerprint density at radius 3 is 1.46 bits per heavy atom. The average Bonchev–Trinajstić information content (AvgIpc) is 3.26. The summed E-state index contributed by atoms with van der Waals surface area (Å²) in [6.07, 6.45) is 33.9. The van der Waals surface area contributed by atoms with Gasteiger partial charge in [-0.05, 0) is 51.4 Å². The van der Waals surface area contributed by atoms with Gasteiger partial charge in [0.25, 0.3) is 0 Å². The molecule has 0 saturated carbocycles. The Morgan fingerprint density at radius 1 is 0.557 bits per heavy atom. The maximum absolute atomic E-state index is 13.0. The largest absolute Gasteiger partial charge is 0.394 e. The zero-order chi connectivity index (χ0) is 44.8. The van der Waals surface area contributed by atoms with Gasteiger partial charge in [0.1, 0.15) is 36.6 Å². The van der Waals surface area contributed by atoms with Crippen LogP contribution in [0.25, 0.3) is 0 Å². The molecule has 1 rings (SSSR count). The van der Waals surface area contributed by atoms with E-state index in [0.717, 1.165) is 38.5 Å². The molecule has 1 heterocycles. The van der Waals surface area contributed by atoms with E-state index in [0.29, 0.717) is 19.3 Å². The molecule has 0 radical (unpaired) electrons. The van der Waals surface area contributed by atoms with Crippen LogP contribution in [0.1, 0.15) is 219 Å². The van der Waals surface area contributed by atoms with Gasteiger partial charge in [-0.15, -0.1) is 0 Å². The molecule has 1 aliphatic heterocycles. The first-order valence-corrected chi connectivity index (χ1v) is 25.2. The number of nitrogens with one attached hydrogen (secondary N) is 1. The van der Waals surface area contributed by atoms with E-state index in [2.05, 4.69) is 43.5 Å². The molecule has 11 heteroatoms. The second-order valence-corrected chi connectivity index (χ2v) is 17.9. The van der Waals surface area contributed by atoms with Crippen molar-refractivity contribution in [1.29, 1.82) is 0 Å². The predicted molar refractivity (Wildman–Crippen MR) is 247 cm³/mol. The molecule has 61 heavy (non-hydrogen) atoms. The van der Waals surface area contributed by atoms with Gasteiger partial charge in [-0.2, -0.15) is 0 Å². The molecule has 360 valence electrons. The standard InChI is InChI=1S/C50H95NO10/c1-3-5-7-9-11-13-15-16-17-18-19-20-21-22-23-24-25-26-27-28-30-31-33-35-37-42(53)45(55)41(40-60-50-48(58)47(57)46(56)44(39-52)61-50)51-49(59)43(54)38-36-34-32-29-14-12-10-8-6-4-2/h25-26,30-31,41-48,50,52-58H,3-24,27-29,32-40H2,1-2H3,(H,51,59)/b26-25+,31-30+. The molecule has 1 amide bonds. The summed E-state index contributed by atoms with van der Waals surface area (Å²) in [6.45, 7) is 3.41. The van der Waals surface area contributed by atoms with E-state index in [4.69, 9.17) is 9.47 Å². The van der Waals surface area contributed by atoms with E-state index in [-0.39, 0.29) is 12.8 Å². The fourth-order valence-electron chi connectivity index (χ4n) is 8.05. The molecule has 0 aromatic rings. The number of hydrogen-bond acceptors (Lipinski definition) is 10. The molecule has 8 N–H and O–H groups in total. The number of aliphatic hydroxyl groups excluding tert-OH is 7. The first-order valence-electron chi connectivity index (χ1n) is 25.2. The Hall–Kier alpha value is -1.41. The lowest BCUT2D eigenvalue weighted by Crippen LogP contribution is -2.60. The van der Waals surface area contributed by atoms with Crippen LogP contribution in [0.2, 0.25) is 0 Å². The number of rotatable bonds is 42. The monoisotopic (exact) mass is 870 g/mol. The number of amides is 1. The third kappa shape index (κ3) is 29.6. The first-order chi connectivity index (χ1) is 29.7. The summed E-state index contributed by atoms with van der Waals surface area (Å²) in [4.78, 5) is 13.0. The van der Waals surface area contributed by atoms with Crippen LogP contribution < -0.4 is 5.32 Å². The van der Waals surface area contributed by atoms with Crippen LogP contribution in [0.15, 0.2) is 24.3 Å². The molecule has 9 unspecified atom stereocenters. The molecule has 1 saturated heterocycles. The topological polar surface area (TPSA) is 189 Å². The van der Waals surface area contributed by atoms with E-state index < -0.39 is 74.2 Å². The average molecular weight is 870 g/mol. The van der Waals surface area contributed by atoms with Crippen LogP contribution in [0.4, 0.5) is 0 Å². The van der Waals surface area contributed by atoms with Gasteiger partial charge in [0.2, 0.25) is 5.91 Å². The third-order valence-electron chi connectivity index (χ3n) is 12.2. The minimum Gasteiger partial charge on any atom is -0.394 e. The summed E-state index contributed by atoms with van der Waals surface area (Å²) in [6, 6.07) is -1.19. The summed E-state index contributed by atoms with van der Waals surface area (Å²) in [5.74, 6) is -0.712. The molecule has 0 aromatic heterocycles. The summed E-state index contributed by atoms with van der Waals surface area (Å²) < 4.78 is 11.1. The van der Waals surface area contributed by atoms with E-state index in [1.54, 1.807) is 0 Å². The zero-order valence-electron chi connectivity index (χ0n) is 38.9. The lowest BCUT2D eigenvalue weighted by atomic mass is 9.98. The number of hydrogen-bond donors (Lipinski definition) is 8. The molecule has 0 bridgehead atoms. The van der Waals surface area contributed by atoms with Gasteiger partial charge in [0.05, 0.1) is 25.4 Å². The van der Waals surface area contributed by atoms with Crippen molar-refractivity contribution < 1.29 is 50.0 Å². The van der Waals surface area contributed by atoms with Crippen molar-refractivity contribution in [2.45, 2.75) is 274 Å². The van der Waals surface area contributed by atoms with E-state index >= 15 is 0 Å². The fourth-order valence-corrected chi connectivity index (χ4v) is 8.05. The highest BCUT2D eigenvalue weighted by Gasteiger charge is 2.44. The lowest BCUT2D eigenvalue weighted by molar-refractivity contribution is -0.303. The van der Waals surface area contributed by atoms with Gasteiger partial charge < -0.3 is 50.5 Å². The van der Waals surface area contributed by atoms with Crippen molar-refractivity contribution in [2.75, 3.05) is 13.2 Å². The molecule has 1 aliphatic rings. The molecule has 1 fully saturated rings. The maximum atomic E-state index is 13.0. The number of carbonyl (C=O) groups excluding carboxylic acids is 1. The zero-order valence-corrected chi connectivity index (χ0v) is 38.9. The van der Waals surface area contributed by atoms with Crippen LogP contribution in [0.5, 0.6) is 0 Å². The molecule has 9 atom stereocenters. The Balaban J connectivity index is 2.37. The van der Waals surface area contributed by atoms with Crippen LogP contribution in [0.3, 0.4) is 0 Å². The van der Waals surface area contributed by atoms with Gasteiger partial charge in [0.15, 0.2) is 6.29 Å². The summed E-state index contributed by atoms with van der Waals surface area (Å²) >= 11 is 0. The number of ether oxygens (including phenoxy) is 2. The van der Waals surface area contributed by atoms with Crippen LogP contribution in [-0.2, 0) is 14.3 Å². The van der Waals surface area contributed by atoms with Gasteiger partial charge in [0, 0.05) is 0 Å². The van der Waals surface area contributed by atoms with Crippen molar-refractivity contribution >= 4 is 5.91 Å². The minimum absolute atomic E-state index is 0.248. The quantitative estimate of drug-likeness (QED) is 0.0217. The maximum Gasteiger partial charge on any atom is 0.249 e. The number of allylic oxidation sites excluding steroid dienone is 4. The van der Waals surface area contributed by atoms with Crippen molar-refractivity contribution in [3.63, 3.8) is 0 Å². The SMILES string of the molecule is CCCCCCCCCCCCCCCCC/C=C/CC/C=C/CCCC(O)C(O)C(COC1OC(CO)C(O)C(O)C1O)NC(=O)C(O)CCCCCCCCCCCC. The molecular formula is C50H95NO10. The Bertz CT molecular complexity index is 1040. The highest BCUT2D eigenvalue weighted by Crippen LogP contribution is 2.23. The summed E-state index contributed by atoms with van der Waals surface area (Å²) in [5, 5.41) is 75.6. The van der Waals surface area contributed by atoms with Gasteiger partial charge in [-0.1, -0.05) is 192 Å². The van der Waals surface area contributed by atoms with E-state index in [1.807, 2.05) is 0 Å². The smallest absolute Gasteiger partial charge is 0.249 e. The Morgan fingerprint density at radius 2 is 0.984 bits per heavy atom. The van der Waals surface area contributed by atoms with Crippen LogP contribution >= 0.6 is 0 Å². The van der Waals surface area contributed by atoms with Gasteiger partial charge in [-0.3, -0.25) is 4.79 Å². The van der Waals surface area contributed by atoms with Crippen molar-refractivity contribution in [2.24, 2.45) is 0 Å². The van der Waals surface area contributed by atoms with Crippen LogP contribution in [0, 0.1) is 0 Å². The highest BCUT2D eigenvalue weighted by atomic mass is 16.7. The second-order valence-electron chi connectivity index (χ2n) is 17.9. The van der Waals surface area contributed by atoms with Crippen molar-refractivity contribution in [3.8, 4) is 0 Å². The predicted octanol–water partition coefficient (Wildman–Crippen LogP) is 9.01. The van der Waals surface area contributed by atoms with E-state index in [1.165, 1.54) is 135 Å². The van der Waals surface area contributed by atoms with Crippen molar-refractivity contribution in [3.05, 3.63) is 24.3 Å². The lowest BCUT2D eigenvalue weighted by Gasteiger charge is -2.40. The normalized spacial score (nSPS) is 21.6. The fraction of sp³-hybridized carbons (Fsp3) is 0.900. The van der Waals surface area contributed by atoms with Crippen molar-refractivity contribution in [1.82, 2.24) is 5.32 Å². The molecule has 11 nitrogen and oxygen atoms in total. The van der Waals surface area contributed by atoms with Gasteiger partial charge in [-0.25, -0.2) is 0 Å². The summed E-state index contributed by atoms with van der Waals surface area (Å²) in [7, 11) is 0. The minimum atomic E-state index is -1.67. The first kappa shape index (κ1) is 57.6. The van der Waals surface area contributed by atoms with E-state index in [9.17, 15) is 40.5 Å². The van der Waals surface area contributed by atoms with Crippen LogP contribution in [-0.4, -0.2) is 110 Å². The summed E-state index contributed by atoms with van der Waals surface area (Å²) in [5.41, 5.74) is 0. The molecule has 0 aromatic carbocycles. The van der Waals surface area contributed by atoms with Gasteiger partial charge >= 0.3 is 0 Å². The second kappa shape index (κ2) is 40.1. The number of carbonyl (C=O) groups is 1. The molecule has 0 aliphatic carbocycles. The number of aliphatic hydroxyl groups is 7. The third-order valence-corrected chi connectivity index (χ3v) is 12.2. The number of unbranched alkanes of at least 4 members (excludes halogenated alkanes) is 26.